The van der Waals surface area contributed by atoms with Gasteiger partial charge < -0.3 is 4.48 Å². The van der Waals surface area contributed by atoms with Gasteiger partial charge in [-0.05, 0) is 75.7 Å². The highest BCUT2D eigenvalue weighted by molar-refractivity contribution is 5.88. The molecule has 6 aromatic carbocycles. The SMILES string of the molecule is C=C(C=CC)C(=CC)C1CCC(c2cccc3ccccc23)[N+]1(C)CN1C(c2cccc3ccccc23)CCC1c1cccc2ccccc12. The summed E-state index contributed by atoms with van der Waals surface area (Å²) in [6, 6.07) is 49.1. The standard InChI is InChI=1S/C48H49N2/c1-5-16-34(3)38(6-2)47-31-32-48(44-28-15-22-37-19-9-12-25-41(37)44)50(47,4)33-49-45(42-26-13-20-35-17-7-10-23-39(35)42)29-30-46(49)43-27-14-21-36-18-8-11-24-40(36)43/h5-28,45-48H,3,29-33H2,1-2,4H3/q+1. The van der Waals surface area contributed by atoms with E-state index >= 15 is 0 Å². The molecular weight excluding hydrogens is 605 g/mol. The van der Waals surface area contributed by atoms with Gasteiger partial charge in [0.2, 0.25) is 0 Å². The average Bonchev–Trinajstić information content (AvgIpc) is 3.71. The lowest BCUT2D eigenvalue weighted by molar-refractivity contribution is -0.953. The van der Waals surface area contributed by atoms with Gasteiger partial charge in [0.1, 0.15) is 18.8 Å². The molecule has 0 radical (unpaired) electrons. The van der Waals surface area contributed by atoms with Crippen LogP contribution in [0.4, 0.5) is 0 Å². The predicted octanol–water partition coefficient (Wildman–Crippen LogP) is 12.4. The van der Waals surface area contributed by atoms with E-state index in [1.54, 1.807) is 0 Å². The number of rotatable bonds is 8. The highest BCUT2D eigenvalue weighted by Gasteiger charge is 2.52. The van der Waals surface area contributed by atoms with Gasteiger partial charge in [-0.15, -0.1) is 0 Å². The third-order valence-corrected chi connectivity index (χ3v) is 12.1. The second kappa shape index (κ2) is 13.5. The summed E-state index contributed by atoms with van der Waals surface area (Å²) in [7, 11) is 2.56. The first-order valence-corrected chi connectivity index (χ1v) is 18.5. The van der Waals surface area contributed by atoms with Crippen LogP contribution in [0.1, 0.15) is 74.3 Å². The molecule has 250 valence electrons. The molecule has 0 N–H and O–H groups in total. The van der Waals surface area contributed by atoms with E-state index in [-0.39, 0.29) is 0 Å². The lowest BCUT2D eigenvalue weighted by atomic mass is 9.94. The van der Waals surface area contributed by atoms with Crippen LogP contribution in [0, 0.1) is 0 Å². The largest absolute Gasteiger partial charge is 0.301 e. The number of likely N-dealkylation sites (N-methyl/N-ethyl adjacent to an activating group) is 1. The number of allylic oxidation sites excluding steroid dienone is 3. The van der Waals surface area contributed by atoms with E-state index in [1.165, 1.54) is 54.6 Å². The average molecular weight is 654 g/mol. The van der Waals surface area contributed by atoms with Gasteiger partial charge >= 0.3 is 0 Å². The second-order valence-corrected chi connectivity index (χ2v) is 14.7. The van der Waals surface area contributed by atoms with Crippen LogP contribution in [0.25, 0.3) is 32.3 Å². The van der Waals surface area contributed by atoms with Crippen molar-refractivity contribution in [3.8, 4) is 0 Å². The van der Waals surface area contributed by atoms with E-state index in [1.807, 2.05) is 0 Å². The molecule has 2 aliphatic heterocycles. The van der Waals surface area contributed by atoms with Gasteiger partial charge in [0.15, 0.2) is 0 Å². The van der Waals surface area contributed by atoms with Crippen molar-refractivity contribution in [3.05, 3.63) is 180 Å². The molecule has 5 atom stereocenters. The topological polar surface area (TPSA) is 3.24 Å². The molecule has 6 aromatic rings. The lowest BCUT2D eigenvalue weighted by Crippen LogP contribution is -2.56. The molecule has 0 saturated carbocycles. The number of quaternary nitrogens is 1. The zero-order chi connectivity index (χ0) is 34.2. The van der Waals surface area contributed by atoms with Crippen molar-refractivity contribution in [2.24, 2.45) is 0 Å². The molecule has 2 fully saturated rings. The van der Waals surface area contributed by atoms with Crippen LogP contribution in [0.15, 0.2) is 163 Å². The Kier molecular flexibility index (Phi) is 8.77. The van der Waals surface area contributed by atoms with Gasteiger partial charge in [-0.3, -0.25) is 0 Å². The highest BCUT2D eigenvalue weighted by Crippen LogP contribution is 2.53. The van der Waals surface area contributed by atoms with Crippen molar-refractivity contribution in [2.75, 3.05) is 13.7 Å². The smallest absolute Gasteiger partial charge is 0.136 e. The number of nitrogens with zero attached hydrogens (tertiary/aromatic N) is 2. The van der Waals surface area contributed by atoms with Crippen molar-refractivity contribution in [1.82, 2.24) is 4.90 Å². The van der Waals surface area contributed by atoms with Crippen LogP contribution in [0.3, 0.4) is 0 Å². The summed E-state index contributed by atoms with van der Waals surface area (Å²) in [5, 5.41) is 8.12. The second-order valence-electron chi connectivity index (χ2n) is 14.7. The third kappa shape index (κ3) is 5.52. The molecule has 2 nitrogen and oxygen atoms in total. The number of benzene rings is 6. The molecule has 0 spiro atoms. The highest BCUT2D eigenvalue weighted by atomic mass is 15.5. The van der Waals surface area contributed by atoms with E-state index in [0.717, 1.165) is 42.4 Å². The van der Waals surface area contributed by atoms with Crippen molar-refractivity contribution in [3.63, 3.8) is 0 Å². The van der Waals surface area contributed by atoms with Crippen molar-refractivity contribution in [1.29, 1.82) is 0 Å². The quantitative estimate of drug-likeness (QED) is 0.117. The summed E-state index contributed by atoms with van der Waals surface area (Å²) >= 11 is 0. The van der Waals surface area contributed by atoms with Gasteiger partial charge in [-0.25, -0.2) is 4.90 Å². The van der Waals surface area contributed by atoms with E-state index in [4.69, 9.17) is 0 Å². The van der Waals surface area contributed by atoms with Crippen LogP contribution in [-0.4, -0.2) is 29.1 Å². The Morgan fingerprint density at radius 1 is 0.620 bits per heavy atom. The minimum absolute atomic E-state index is 0.308. The Bertz CT molecular complexity index is 2160. The molecule has 0 amide bonds. The molecule has 8 rings (SSSR count). The maximum atomic E-state index is 4.62. The number of likely N-dealkylation sites (tertiary alicyclic amines) is 2. The monoisotopic (exact) mass is 653 g/mol. The fraction of sp³-hybridized carbons (Fsp3) is 0.250. The lowest BCUT2D eigenvalue weighted by Gasteiger charge is -2.47. The normalized spacial score (nSPS) is 24.6. The Labute approximate surface area is 298 Å². The number of hydrogen-bond donors (Lipinski definition) is 0. The molecule has 50 heavy (non-hydrogen) atoms. The van der Waals surface area contributed by atoms with Crippen LogP contribution in [-0.2, 0) is 0 Å². The summed E-state index contributed by atoms with van der Waals surface area (Å²) in [4.78, 5) is 2.92. The zero-order valence-electron chi connectivity index (χ0n) is 29.8. The van der Waals surface area contributed by atoms with Gasteiger partial charge in [0.25, 0.3) is 0 Å². The van der Waals surface area contributed by atoms with Crippen LogP contribution >= 0.6 is 0 Å². The summed E-state index contributed by atoms with van der Waals surface area (Å²) in [6.45, 7) is 9.89. The van der Waals surface area contributed by atoms with Gasteiger partial charge in [-0.2, -0.15) is 0 Å². The maximum Gasteiger partial charge on any atom is 0.136 e. The molecular formula is C48H49N2+. The first-order chi connectivity index (χ1) is 24.5. The van der Waals surface area contributed by atoms with Gasteiger partial charge in [-0.1, -0.05) is 152 Å². The van der Waals surface area contributed by atoms with Crippen LogP contribution in [0.5, 0.6) is 0 Å². The fourth-order valence-corrected chi connectivity index (χ4v) is 9.86. The fourth-order valence-electron chi connectivity index (χ4n) is 9.86. The molecule has 2 heteroatoms. The van der Waals surface area contributed by atoms with E-state index in [9.17, 15) is 0 Å². The summed E-state index contributed by atoms with van der Waals surface area (Å²) < 4.78 is 0.923. The number of fused-ring (bicyclic) bond motifs is 3. The summed E-state index contributed by atoms with van der Waals surface area (Å²) in [6.07, 6.45) is 11.2. The summed E-state index contributed by atoms with van der Waals surface area (Å²) in [5.41, 5.74) is 6.92. The molecule has 2 aliphatic rings. The number of hydrogen-bond acceptors (Lipinski definition) is 1. The molecule has 0 aromatic heterocycles. The summed E-state index contributed by atoms with van der Waals surface area (Å²) in [5.74, 6) is 0. The van der Waals surface area contributed by atoms with Crippen molar-refractivity contribution >= 4 is 32.3 Å². The van der Waals surface area contributed by atoms with Gasteiger partial charge in [0.05, 0.1) is 7.05 Å². The first-order valence-electron chi connectivity index (χ1n) is 18.5. The first kappa shape index (κ1) is 32.4. The molecule has 5 unspecified atom stereocenters. The Morgan fingerprint density at radius 3 is 1.58 bits per heavy atom. The molecule has 2 heterocycles. The Balaban J connectivity index is 1.32. The molecule has 0 aliphatic carbocycles. The van der Waals surface area contributed by atoms with E-state index in [0.29, 0.717) is 24.2 Å². The predicted molar refractivity (Wildman–Crippen MR) is 213 cm³/mol. The maximum absolute atomic E-state index is 4.62. The molecule has 0 bridgehead atoms. The van der Waals surface area contributed by atoms with E-state index in [2.05, 4.69) is 178 Å². The third-order valence-electron chi connectivity index (χ3n) is 12.1. The Hall–Kier alpha value is -4.76. The van der Waals surface area contributed by atoms with Crippen molar-refractivity contribution in [2.45, 2.75) is 63.7 Å². The minimum Gasteiger partial charge on any atom is -0.301 e. The van der Waals surface area contributed by atoms with Crippen LogP contribution in [0.2, 0.25) is 0 Å². The van der Waals surface area contributed by atoms with Crippen molar-refractivity contribution < 1.29 is 4.48 Å². The zero-order valence-corrected chi connectivity index (χ0v) is 29.8. The van der Waals surface area contributed by atoms with Crippen LogP contribution < -0.4 is 0 Å². The van der Waals surface area contributed by atoms with E-state index < -0.39 is 0 Å². The van der Waals surface area contributed by atoms with Gasteiger partial charge in [0, 0.05) is 36.1 Å². The Morgan fingerprint density at radius 2 is 1.08 bits per heavy atom. The minimum atomic E-state index is 0.308. The molecule has 2 saturated heterocycles.